The van der Waals surface area contributed by atoms with Crippen LogP contribution in [0.15, 0.2) is 78.9 Å². The van der Waals surface area contributed by atoms with Gasteiger partial charge < -0.3 is 10.6 Å². The van der Waals surface area contributed by atoms with Crippen LogP contribution in [0.1, 0.15) is 45.0 Å². The predicted octanol–water partition coefficient (Wildman–Crippen LogP) is 4.13. The lowest BCUT2D eigenvalue weighted by Crippen LogP contribution is -2.22. The van der Waals surface area contributed by atoms with Gasteiger partial charge >= 0.3 is 0 Å². The van der Waals surface area contributed by atoms with Gasteiger partial charge in [0.1, 0.15) is 0 Å². The molecule has 29 heavy (non-hydrogen) atoms. The molecule has 1 aliphatic rings. The van der Waals surface area contributed by atoms with E-state index >= 15 is 0 Å². The Morgan fingerprint density at radius 1 is 0.931 bits per heavy atom. The van der Waals surface area contributed by atoms with E-state index in [1.54, 1.807) is 0 Å². The molecule has 0 aromatic heterocycles. The highest BCUT2D eigenvalue weighted by Gasteiger charge is 2.37. The minimum atomic E-state index is -0.0525. The van der Waals surface area contributed by atoms with Crippen molar-refractivity contribution in [3.05, 3.63) is 107 Å². The van der Waals surface area contributed by atoms with E-state index in [1.165, 1.54) is 5.56 Å². The second kappa shape index (κ2) is 8.72. The molecule has 1 aliphatic carbocycles. The average molecular weight is 381 g/mol. The molecule has 1 saturated carbocycles. The van der Waals surface area contributed by atoms with Crippen molar-refractivity contribution >= 4 is 5.91 Å². The van der Waals surface area contributed by atoms with E-state index in [9.17, 15) is 4.79 Å². The minimum absolute atomic E-state index is 0.0525. The number of amides is 1. The van der Waals surface area contributed by atoms with E-state index in [1.807, 2.05) is 66.7 Å². The molecule has 0 bridgehead atoms. The molecule has 0 radical (unpaired) electrons. The van der Waals surface area contributed by atoms with Crippen molar-refractivity contribution in [2.75, 3.05) is 0 Å². The summed E-state index contributed by atoms with van der Waals surface area (Å²) in [5.74, 6) is 0.429. The molecule has 2 atom stereocenters. The molecule has 0 aliphatic heterocycles. The predicted molar refractivity (Wildman–Crippen MR) is 113 cm³/mol. The van der Waals surface area contributed by atoms with Crippen molar-refractivity contribution in [2.45, 2.75) is 31.5 Å². The summed E-state index contributed by atoms with van der Waals surface area (Å²) in [6, 6.07) is 28.1. The number of benzene rings is 3. The van der Waals surface area contributed by atoms with Crippen molar-refractivity contribution < 1.29 is 4.79 Å². The van der Waals surface area contributed by atoms with Gasteiger partial charge in [0, 0.05) is 30.6 Å². The van der Waals surface area contributed by atoms with Gasteiger partial charge in [-0.25, -0.2) is 0 Å². The molecule has 0 heterocycles. The first-order valence-corrected chi connectivity index (χ1v) is 9.87. The van der Waals surface area contributed by atoms with Crippen LogP contribution in [0.2, 0.25) is 0 Å². The Labute approximate surface area is 171 Å². The van der Waals surface area contributed by atoms with Crippen LogP contribution in [0.5, 0.6) is 0 Å². The van der Waals surface area contributed by atoms with Crippen LogP contribution in [-0.4, -0.2) is 11.9 Å². The van der Waals surface area contributed by atoms with Crippen LogP contribution in [0.4, 0.5) is 0 Å². The number of nitrogens with zero attached hydrogens (tertiary/aromatic N) is 1. The Hall–Kier alpha value is -3.42. The third kappa shape index (κ3) is 4.90. The highest BCUT2D eigenvalue weighted by molar-refractivity contribution is 5.94. The lowest BCUT2D eigenvalue weighted by molar-refractivity contribution is 0.0951. The minimum Gasteiger partial charge on any atom is -0.348 e. The summed E-state index contributed by atoms with van der Waals surface area (Å²) in [5, 5.41) is 15.5. The van der Waals surface area contributed by atoms with Gasteiger partial charge in [0.25, 0.3) is 5.91 Å². The van der Waals surface area contributed by atoms with Gasteiger partial charge in [-0.05, 0) is 47.4 Å². The Bertz CT molecular complexity index is 1020. The summed E-state index contributed by atoms with van der Waals surface area (Å²) in [6.45, 7) is 1.29. The van der Waals surface area contributed by atoms with Gasteiger partial charge in [-0.3, -0.25) is 4.79 Å². The van der Waals surface area contributed by atoms with E-state index in [-0.39, 0.29) is 5.91 Å². The van der Waals surface area contributed by atoms with E-state index in [4.69, 9.17) is 5.26 Å². The Balaban J connectivity index is 1.27. The molecule has 4 nitrogen and oxygen atoms in total. The number of nitriles is 1. The lowest BCUT2D eigenvalue weighted by atomic mass is 10.1. The molecule has 3 aromatic carbocycles. The second-order valence-electron chi connectivity index (χ2n) is 7.43. The Morgan fingerprint density at radius 3 is 2.45 bits per heavy atom. The topological polar surface area (TPSA) is 64.9 Å². The number of rotatable bonds is 7. The van der Waals surface area contributed by atoms with Gasteiger partial charge in [-0.1, -0.05) is 54.6 Å². The van der Waals surface area contributed by atoms with Gasteiger partial charge in [0.2, 0.25) is 0 Å². The number of carbonyl (C=O) groups excluding carboxylic acids is 1. The van der Waals surface area contributed by atoms with Crippen LogP contribution in [-0.2, 0) is 13.1 Å². The molecule has 0 saturated heterocycles. The maximum Gasteiger partial charge on any atom is 0.251 e. The average Bonchev–Trinajstić information content (AvgIpc) is 3.57. The van der Waals surface area contributed by atoms with Crippen molar-refractivity contribution in [2.24, 2.45) is 0 Å². The molecular weight excluding hydrogens is 358 g/mol. The van der Waals surface area contributed by atoms with Crippen LogP contribution < -0.4 is 10.6 Å². The SMILES string of the molecule is N#Cc1cccc(CNC2CC2c2ccc(C(=O)NCc3ccccc3)cc2)c1. The smallest absolute Gasteiger partial charge is 0.251 e. The quantitative estimate of drug-likeness (QED) is 0.647. The monoisotopic (exact) mass is 381 g/mol. The molecule has 3 aromatic rings. The maximum absolute atomic E-state index is 12.3. The fourth-order valence-corrected chi connectivity index (χ4v) is 3.55. The highest BCUT2D eigenvalue weighted by atomic mass is 16.1. The number of hydrogen-bond acceptors (Lipinski definition) is 3. The molecule has 1 amide bonds. The first-order chi connectivity index (χ1) is 14.2. The number of hydrogen-bond donors (Lipinski definition) is 2. The number of nitrogens with one attached hydrogen (secondary N) is 2. The summed E-state index contributed by atoms with van der Waals surface area (Å²) in [6.07, 6.45) is 1.09. The van der Waals surface area contributed by atoms with E-state index < -0.39 is 0 Å². The van der Waals surface area contributed by atoms with Crippen molar-refractivity contribution in [3.63, 3.8) is 0 Å². The molecule has 0 spiro atoms. The molecule has 2 unspecified atom stereocenters. The summed E-state index contributed by atoms with van der Waals surface area (Å²) < 4.78 is 0. The van der Waals surface area contributed by atoms with Crippen LogP contribution in [0, 0.1) is 11.3 Å². The molecular formula is C25H23N3O. The normalized spacial score (nSPS) is 17.3. The van der Waals surface area contributed by atoms with Crippen LogP contribution in [0.25, 0.3) is 0 Å². The van der Waals surface area contributed by atoms with E-state index in [2.05, 4.69) is 28.8 Å². The molecule has 4 rings (SSSR count). The summed E-state index contributed by atoms with van der Waals surface area (Å²) >= 11 is 0. The maximum atomic E-state index is 12.3. The zero-order valence-electron chi connectivity index (χ0n) is 16.1. The Morgan fingerprint density at radius 2 is 1.69 bits per heavy atom. The van der Waals surface area contributed by atoms with Crippen LogP contribution in [0.3, 0.4) is 0 Å². The fourth-order valence-electron chi connectivity index (χ4n) is 3.55. The largest absolute Gasteiger partial charge is 0.348 e. The first-order valence-electron chi connectivity index (χ1n) is 9.87. The molecule has 2 N–H and O–H groups in total. The third-order valence-electron chi connectivity index (χ3n) is 5.31. The van der Waals surface area contributed by atoms with Crippen molar-refractivity contribution in [1.82, 2.24) is 10.6 Å². The highest BCUT2D eigenvalue weighted by Crippen LogP contribution is 2.41. The molecule has 144 valence electrons. The summed E-state index contributed by atoms with van der Waals surface area (Å²) in [5.41, 5.74) is 4.85. The summed E-state index contributed by atoms with van der Waals surface area (Å²) in [4.78, 5) is 12.3. The lowest BCUT2D eigenvalue weighted by Gasteiger charge is -2.07. The third-order valence-corrected chi connectivity index (χ3v) is 5.31. The van der Waals surface area contributed by atoms with Crippen molar-refractivity contribution in [1.29, 1.82) is 5.26 Å². The first kappa shape index (κ1) is 18.9. The standard InChI is InChI=1S/C25H23N3O/c26-15-19-7-4-8-20(13-19)17-27-24-14-23(24)21-9-11-22(12-10-21)25(29)28-16-18-5-2-1-3-6-18/h1-13,23-24,27H,14,16-17H2,(H,28,29). The van der Waals surface area contributed by atoms with E-state index in [0.29, 0.717) is 29.6 Å². The van der Waals surface area contributed by atoms with Crippen molar-refractivity contribution in [3.8, 4) is 6.07 Å². The molecule has 4 heteroatoms. The zero-order valence-corrected chi connectivity index (χ0v) is 16.1. The van der Waals surface area contributed by atoms with Gasteiger partial charge in [0.15, 0.2) is 0 Å². The second-order valence-corrected chi connectivity index (χ2v) is 7.43. The Kier molecular flexibility index (Phi) is 5.69. The van der Waals surface area contributed by atoms with Crippen LogP contribution >= 0.6 is 0 Å². The number of carbonyl (C=O) groups is 1. The molecule has 1 fully saturated rings. The fraction of sp³-hybridized carbons (Fsp3) is 0.200. The van der Waals surface area contributed by atoms with E-state index in [0.717, 1.165) is 24.1 Å². The van der Waals surface area contributed by atoms with Gasteiger partial charge in [-0.2, -0.15) is 5.26 Å². The zero-order chi connectivity index (χ0) is 20.1. The van der Waals surface area contributed by atoms with Gasteiger partial charge in [-0.15, -0.1) is 0 Å². The summed E-state index contributed by atoms with van der Waals surface area (Å²) in [7, 11) is 0. The van der Waals surface area contributed by atoms with Gasteiger partial charge in [0.05, 0.1) is 11.6 Å².